The lowest BCUT2D eigenvalue weighted by Gasteiger charge is -2.22. The summed E-state index contributed by atoms with van der Waals surface area (Å²) in [6, 6.07) is 20.8. The van der Waals surface area contributed by atoms with Crippen molar-refractivity contribution < 1.29 is 4.79 Å². The van der Waals surface area contributed by atoms with Gasteiger partial charge in [0.2, 0.25) is 6.17 Å². The standard InChI is InChI=1S/C23H20ClN5OS/c1-29-19-11-10-16(24)13-18(19)20(15-7-3-2-4-8-15)27-21(22(29)30)28-23(31)26-14-17-9-5-6-12-25-17/h2-13,21H,14H2,1H3,(H2,26,28,31). The van der Waals surface area contributed by atoms with Crippen molar-refractivity contribution in [2.75, 3.05) is 11.9 Å². The maximum atomic E-state index is 13.2. The molecule has 156 valence electrons. The molecule has 1 aliphatic rings. The first-order valence-corrected chi connectivity index (χ1v) is 10.5. The Hall–Kier alpha value is -3.29. The van der Waals surface area contributed by atoms with Gasteiger partial charge in [0.05, 0.1) is 23.6 Å². The molecule has 0 saturated carbocycles. The molecule has 2 aromatic carbocycles. The average Bonchev–Trinajstić information content (AvgIpc) is 2.89. The van der Waals surface area contributed by atoms with Gasteiger partial charge in [-0.1, -0.05) is 48.0 Å². The Kier molecular flexibility index (Phi) is 6.25. The molecule has 3 aromatic rings. The van der Waals surface area contributed by atoms with Gasteiger partial charge in [-0.15, -0.1) is 0 Å². The van der Waals surface area contributed by atoms with Gasteiger partial charge in [-0.2, -0.15) is 0 Å². The van der Waals surface area contributed by atoms with E-state index in [4.69, 9.17) is 28.8 Å². The molecular formula is C23H20ClN5OS. The zero-order valence-corrected chi connectivity index (χ0v) is 18.3. The number of rotatable bonds is 4. The van der Waals surface area contributed by atoms with Gasteiger partial charge >= 0.3 is 0 Å². The van der Waals surface area contributed by atoms with Gasteiger partial charge in [0.25, 0.3) is 5.91 Å². The van der Waals surface area contributed by atoms with E-state index in [1.165, 1.54) is 0 Å². The van der Waals surface area contributed by atoms with Crippen LogP contribution in [0.2, 0.25) is 5.02 Å². The predicted octanol–water partition coefficient (Wildman–Crippen LogP) is 3.54. The second-order valence-electron chi connectivity index (χ2n) is 6.95. The van der Waals surface area contributed by atoms with Crippen molar-refractivity contribution in [2.24, 2.45) is 4.99 Å². The van der Waals surface area contributed by atoms with E-state index in [0.29, 0.717) is 22.4 Å². The molecule has 0 spiro atoms. The van der Waals surface area contributed by atoms with E-state index in [1.54, 1.807) is 24.2 Å². The Balaban J connectivity index is 1.65. The molecule has 0 bridgehead atoms. The summed E-state index contributed by atoms with van der Waals surface area (Å²) in [6.07, 6.45) is 0.825. The third-order valence-electron chi connectivity index (χ3n) is 4.87. The highest BCUT2D eigenvalue weighted by atomic mass is 35.5. The molecule has 4 rings (SSSR count). The number of carbonyl (C=O) groups excluding carboxylic acids is 1. The topological polar surface area (TPSA) is 69.6 Å². The van der Waals surface area contributed by atoms with Crippen LogP contribution in [-0.2, 0) is 11.3 Å². The fraction of sp³-hybridized carbons (Fsp3) is 0.130. The van der Waals surface area contributed by atoms with Crippen molar-refractivity contribution in [2.45, 2.75) is 12.7 Å². The predicted molar refractivity (Wildman–Crippen MR) is 128 cm³/mol. The van der Waals surface area contributed by atoms with Crippen LogP contribution in [0.1, 0.15) is 16.8 Å². The molecule has 1 unspecified atom stereocenters. The Bertz CT molecular complexity index is 1140. The third kappa shape index (κ3) is 4.73. The van der Waals surface area contributed by atoms with Crippen molar-refractivity contribution in [3.8, 4) is 0 Å². The summed E-state index contributed by atoms with van der Waals surface area (Å²) in [4.78, 5) is 23.8. The van der Waals surface area contributed by atoms with Gasteiger partial charge in [-0.05, 0) is 42.5 Å². The molecule has 2 N–H and O–H groups in total. The highest BCUT2D eigenvalue weighted by Gasteiger charge is 2.30. The van der Waals surface area contributed by atoms with Crippen LogP contribution < -0.4 is 15.5 Å². The summed E-state index contributed by atoms with van der Waals surface area (Å²) in [7, 11) is 1.72. The maximum Gasteiger partial charge on any atom is 0.272 e. The second kappa shape index (κ2) is 9.24. The lowest BCUT2D eigenvalue weighted by Crippen LogP contribution is -2.49. The summed E-state index contributed by atoms with van der Waals surface area (Å²) in [5.74, 6) is -0.225. The molecule has 1 atom stereocenters. The molecular weight excluding hydrogens is 430 g/mol. The molecule has 0 radical (unpaired) electrons. The van der Waals surface area contributed by atoms with Gasteiger partial charge in [0.1, 0.15) is 0 Å². The fourth-order valence-corrected chi connectivity index (χ4v) is 3.67. The number of hydrogen-bond acceptors (Lipinski definition) is 4. The zero-order chi connectivity index (χ0) is 21.8. The smallest absolute Gasteiger partial charge is 0.272 e. The van der Waals surface area contributed by atoms with Gasteiger partial charge < -0.3 is 15.5 Å². The van der Waals surface area contributed by atoms with Crippen LogP contribution in [-0.4, -0.2) is 34.9 Å². The SMILES string of the molecule is CN1C(=O)C(NC(=S)NCc2ccccn2)N=C(c2ccccc2)c2cc(Cl)ccc21. The minimum Gasteiger partial charge on any atom is -0.357 e. The molecule has 0 aliphatic carbocycles. The number of carbonyl (C=O) groups is 1. The van der Waals surface area contributed by atoms with Gasteiger partial charge in [0.15, 0.2) is 5.11 Å². The highest BCUT2D eigenvalue weighted by Crippen LogP contribution is 2.29. The van der Waals surface area contributed by atoms with Crippen molar-refractivity contribution in [3.05, 3.63) is 94.8 Å². The number of nitrogens with zero attached hydrogens (tertiary/aromatic N) is 3. The van der Waals surface area contributed by atoms with Crippen LogP contribution in [0.4, 0.5) is 5.69 Å². The summed E-state index contributed by atoms with van der Waals surface area (Å²) in [5, 5.41) is 7.01. The third-order valence-corrected chi connectivity index (χ3v) is 5.37. The van der Waals surface area contributed by atoms with Gasteiger partial charge in [0, 0.05) is 29.4 Å². The van der Waals surface area contributed by atoms with E-state index in [0.717, 1.165) is 22.5 Å². The number of aromatic nitrogens is 1. The summed E-state index contributed by atoms with van der Waals surface area (Å²) < 4.78 is 0. The Morgan fingerprint density at radius 3 is 2.65 bits per heavy atom. The van der Waals surface area contributed by atoms with Gasteiger partial charge in [-0.3, -0.25) is 9.78 Å². The normalized spacial score (nSPS) is 15.5. The Labute approximate surface area is 191 Å². The maximum absolute atomic E-state index is 13.2. The number of pyridine rings is 1. The minimum absolute atomic E-state index is 0.225. The van der Waals surface area contributed by atoms with E-state index >= 15 is 0 Å². The summed E-state index contributed by atoms with van der Waals surface area (Å²) in [5.41, 5.74) is 3.90. The van der Waals surface area contributed by atoms with Crippen LogP contribution in [0.25, 0.3) is 0 Å². The first kappa shape index (κ1) is 21.0. The number of anilines is 1. The molecule has 0 saturated heterocycles. The fourth-order valence-electron chi connectivity index (χ4n) is 3.32. The number of likely N-dealkylation sites (N-methyl/N-ethyl adjacent to an activating group) is 1. The molecule has 8 heteroatoms. The van der Waals surface area contributed by atoms with Crippen LogP contribution in [0.5, 0.6) is 0 Å². The number of amides is 1. The van der Waals surface area contributed by atoms with Crippen molar-refractivity contribution >= 4 is 46.2 Å². The lowest BCUT2D eigenvalue weighted by molar-refractivity contribution is -0.119. The number of hydrogen-bond donors (Lipinski definition) is 2. The Morgan fingerprint density at radius 1 is 1.13 bits per heavy atom. The second-order valence-corrected chi connectivity index (χ2v) is 7.80. The molecule has 6 nitrogen and oxygen atoms in total. The number of nitrogens with one attached hydrogen (secondary N) is 2. The largest absolute Gasteiger partial charge is 0.357 e. The van der Waals surface area contributed by atoms with Crippen LogP contribution in [0.15, 0.2) is 77.9 Å². The van der Waals surface area contributed by atoms with E-state index in [1.807, 2.05) is 60.7 Å². The van der Waals surface area contributed by atoms with E-state index in [9.17, 15) is 4.79 Å². The van der Waals surface area contributed by atoms with Crippen molar-refractivity contribution in [1.82, 2.24) is 15.6 Å². The van der Waals surface area contributed by atoms with E-state index < -0.39 is 6.17 Å². The van der Waals surface area contributed by atoms with E-state index in [2.05, 4.69) is 15.6 Å². The first-order chi connectivity index (χ1) is 15.0. The quantitative estimate of drug-likeness (QED) is 0.596. The van der Waals surface area contributed by atoms with Crippen LogP contribution in [0.3, 0.4) is 0 Å². The van der Waals surface area contributed by atoms with Crippen LogP contribution >= 0.6 is 23.8 Å². The first-order valence-electron chi connectivity index (χ1n) is 9.68. The molecule has 2 heterocycles. The minimum atomic E-state index is -0.893. The van der Waals surface area contributed by atoms with E-state index in [-0.39, 0.29) is 5.91 Å². The molecule has 0 fully saturated rings. The average molecular weight is 450 g/mol. The van der Waals surface area contributed by atoms with Crippen LogP contribution in [0, 0.1) is 0 Å². The Morgan fingerprint density at radius 2 is 1.90 bits per heavy atom. The lowest BCUT2D eigenvalue weighted by atomic mass is 10.0. The highest BCUT2D eigenvalue weighted by molar-refractivity contribution is 7.80. The molecule has 1 aliphatic heterocycles. The zero-order valence-electron chi connectivity index (χ0n) is 16.7. The van der Waals surface area contributed by atoms with Crippen molar-refractivity contribution in [1.29, 1.82) is 0 Å². The number of thiocarbonyl (C=S) groups is 1. The summed E-state index contributed by atoms with van der Waals surface area (Å²) in [6.45, 7) is 0.439. The molecule has 31 heavy (non-hydrogen) atoms. The monoisotopic (exact) mass is 449 g/mol. The van der Waals surface area contributed by atoms with Gasteiger partial charge in [-0.25, -0.2) is 4.99 Å². The van der Waals surface area contributed by atoms with Crippen molar-refractivity contribution in [3.63, 3.8) is 0 Å². The number of aliphatic imine (C=N–C) groups is 1. The summed E-state index contributed by atoms with van der Waals surface area (Å²) >= 11 is 11.7. The number of fused-ring (bicyclic) bond motifs is 1. The number of benzodiazepines with no additional fused rings is 1. The molecule has 1 aromatic heterocycles. The molecule has 1 amide bonds. The number of benzene rings is 2. The number of halogens is 1.